The van der Waals surface area contributed by atoms with E-state index < -0.39 is 16.1 Å². The van der Waals surface area contributed by atoms with Crippen LogP contribution in [0.1, 0.15) is 0 Å². The van der Waals surface area contributed by atoms with E-state index in [2.05, 4.69) is 10.0 Å². The van der Waals surface area contributed by atoms with Crippen LogP contribution in [0.25, 0.3) is 0 Å². The molecule has 1 unspecified atom stereocenters. The van der Waals surface area contributed by atoms with Crippen molar-refractivity contribution in [1.29, 1.82) is 0 Å². The molecule has 0 bridgehead atoms. The van der Waals surface area contributed by atoms with Crippen LogP contribution in [0.3, 0.4) is 0 Å². The molecule has 8 heteroatoms. The van der Waals surface area contributed by atoms with Gasteiger partial charge in [-0.15, -0.1) is 11.6 Å². The molecule has 0 aromatic heterocycles. The fraction of sp³-hybridized carbons (Fsp3) is 0.250. The molecule has 2 rings (SSSR count). The molecule has 0 saturated heterocycles. The van der Waals surface area contributed by atoms with E-state index in [4.69, 9.17) is 16.3 Å². The first-order valence-corrected chi connectivity index (χ1v) is 9.21. The number of hydrogen-bond donors (Lipinski definition) is 3. The lowest BCUT2D eigenvalue weighted by Crippen LogP contribution is -2.21. The second-order valence-corrected chi connectivity index (χ2v) is 7.04. The van der Waals surface area contributed by atoms with Crippen LogP contribution in [-0.4, -0.2) is 39.2 Å². The molecule has 2 aromatic rings. The van der Waals surface area contributed by atoms with E-state index in [9.17, 15) is 13.5 Å². The summed E-state index contributed by atoms with van der Waals surface area (Å²) in [6.45, 7) is 0.235. The normalized spacial score (nSPS) is 12.5. The molecular formula is C16H19ClN2O4S. The monoisotopic (exact) mass is 370 g/mol. The molecule has 0 aliphatic rings. The Bertz CT molecular complexity index is 766. The van der Waals surface area contributed by atoms with E-state index in [0.29, 0.717) is 17.1 Å². The summed E-state index contributed by atoms with van der Waals surface area (Å²) in [6, 6.07) is 12.9. The Morgan fingerprint density at radius 1 is 1.17 bits per heavy atom. The lowest BCUT2D eigenvalue weighted by molar-refractivity contribution is 0.211. The summed E-state index contributed by atoms with van der Waals surface area (Å²) in [4.78, 5) is 0.115. The number of alkyl halides is 1. The molecule has 0 radical (unpaired) electrons. The first kappa shape index (κ1) is 18.4. The van der Waals surface area contributed by atoms with Crippen LogP contribution < -0.4 is 14.8 Å². The summed E-state index contributed by atoms with van der Waals surface area (Å²) in [5.74, 6) is 0.742. The lowest BCUT2D eigenvalue weighted by Gasteiger charge is -2.12. The SMILES string of the molecule is COc1ccc(NS(=O)(=O)c2cccc(NCC(O)CCl)c2)cc1. The Morgan fingerprint density at radius 2 is 1.88 bits per heavy atom. The number of hydrogen-bond acceptors (Lipinski definition) is 5. The molecule has 1 atom stereocenters. The van der Waals surface area contributed by atoms with Crippen molar-refractivity contribution in [3.8, 4) is 5.75 Å². The van der Waals surface area contributed by atoms with Crippen molar-refractivity contribution in [3.05, 3.63) is 48.5 Å². The highest BCUT2D eigenvalue weighted by molar-refractivity contribution is 7.92. The number of anilines is 2. The quantitative estimate of drug-likeness (QED) is 0.621. The highest BCUT2D eigenvalue weighted by Gasteiger charge is 2.15. The van der Waals surface area contributed by atoms with Crippen LogP contribution in [0.4, 0.5) is 11.4 Å². The van der Waals surface area contributed by atoms with Gasteiger partial charge in [0.15, 0.2) is 0 Å². The zero-order valence-electron chi connectivity index (χ0n) is 13.1. The number of aliphatic hydroxyl groups is 1. The van der Waals surface area contributed by atoms with Crippen molar-refractivity contribution in [1.82, 2.24) is 0 Å². The second-order valence-electron chi connectivity index (χ2n) is 5.05. The molecule has 0 aliphatic carbocycles. The number of sulfonamides is 1. The highest BCUT2D eigenvalue weighted by atomic mass is 35.5. The molecule has 24 heavy (non-hydrogen) atoms. The fourth-order valence-corrected chi connectivity index (χ4v) is 3.15. The van der Waals surface area contributed by atoms with Gasteiger partial charge in [-0.1, -0.05) is 6.07 Å². The van der Waals surface area contributed by atoms with Gasteiger partial charge in [-0.3, -0.25) is 4.72 Å². The highest BCUT2D eigenvalue weighted by Crippen LogP contribution is 2.21. The summed E-state index contributed by atoms with van der Waals surface area (Å²) >= 11 is 5.53. The molecule has 6 nitrogen and oxygen atoms in total. The van der Waals surface area contributed by atoms with E-state index in [1.807, 2.05) is 0 Å². The van der Waals surface area contributed by atoms with Gasteiger partial charge >= 0.3 is 0 Å². The summed E-state index contributed by atoms with van der Waals surface area (Å²) < 4.78 is 32.5. The zero-order chi connectivity index (χ0) is 17.6. The van der Waals surface area contributed by atoms with Gasteiger partial charge in [0.25, 0.3) is 10.0 Å². The Balaban J connectivity index is 2.13. The average Bonchev–Trinajstić information content (AvgIpc) is 2.60. The molecule has 130 valence electrons. The lowest BCUT2D eigenvalue weighted by atomic mass is 10.3. The number of aliphatic hydroxyl groups excluding tert-OH is 1. The Hall–Kier alpha value is -1.96. The average molecular weight is 371 g/mol. The predicted molar refractivity (Wildman–Crippen MR) is 95.5 cm³/mol. The molecule has 0 amide bonds. The van der Waals surface area contributed by atoms with Crippen LogP contribution >= 0.6 is 11.6 Å². The largest absolute Gasteiger partial charge is 0.497 e. The van der Waals surface area contributed by atoms with E-state index in [0.717, 1.165) is 0 Å². The van der Waals surface area contributed by atoms with Crippen molar-refractivity contribution >= 4 is 33.0 Å². The van der Waals surface area contributed by atoms with E-state index in [-0.39, 0.29) is 17.3 Å². The predicted octanol–water partition coefficient (Wildman–Crippen LogP) is 2.51. The topological polar surface area (TPSA) is 87.7 Å². The number of methoxy groups -OCH3 is 1. The maximum absolute atomic E-state index is 12.5. The molecule has 2 aromatic carbocycles. The third-order valence-electron chi connectivity index (χ3n) is 3.21. The second kappa shape index (κ2) is 8.23. The van der Waals surface area contributed by atoms with Gasteiger partial charge in [0.05, 0.1) is 24.0 Å². The maximum Gasteiger partial charge on any atom is 0.261 e. The van der Waals surface area contributed by atoms with Crippen LogP contribution in [0.5, 0.6) is 5.75 Å². The van der Waals surface area contributed by atoms with E-state index in [1.165, 1.54) is 12.1 Å². The zero-order valence-corrected chi connectivity index (χ0v) is 14.6. The summed E-state index contributed by atoms with van der Waals surface area (Å²) in [5.41, 5.74) is 1.02. The maximum atomic E-state index is 12.5. The Kier molecular flexibility index (Phi) is 6.30. The number of halogens is 1. The molecule has 0 fully saturated rings. The smallest absolute Gasteiger partial charge is 0.261 e. The summed E-state index contributed by atoms with van der Waals surface area (Å²) in [7, 11) is -2.18. The van der Waals surface area contributed by atoms with Gasteiger partial charge in [0, 0.05) is 17.9 Å². The number of ether oxygens (including phenoxy) is 1. The Morgan fingerprint density at radius 3 is 2.50 bits per heavy atom. The van der Waals surface area contributed by atoms with E-state index in [1.54, 1.807) is 43.5 Å². The van der Waals surface area contributed by atoms with Crippen LogP contribution in [0.15, 0.2) is 53.4 Å². The van der Waals surface area contributed by atoms with Crippen molar-refractivity contribution in [2.24, 2.45) is 0 Å². The van der Waals surface area contributed by atoms with Crippen LogP contribution in [0, 0.1) is 0 Å². The van der Waals surface area contributed by atoms with Crippen molar-refractivity contribution < 1.29 is 18.3 Å². The minimum Gasteiger partial charge on any atom is -0.497 e. The molecule has 0 aliphatic heterocycles. The summed E-state index contributed by atoms with van der Waals surface area (Å²) in [6.07, 6.45) is -0.704. The summed E-state index contributed by atoms with van der Waals surface area (Å²) in [5, 5.41) is 12.4. The molecule has 0 spiro atoms. The number of benzene rings is 2. The number of nitrogens with one attached hydrogen (secondary N) is 2. The molecular weight excluding hydrogens is 352 g/mol. The van der Waals surface area contributed by atoms with Gasteiger partial charge < -0.3 is 15.2 Å². The van der Waals surface area contributed by atoms with Crippen molar-refractivity contribution in [3.63, 3.8) is 0 Å². The minimum absolute atomic E-state index is 0.101. The Labute approximate surface area is 146 Å². The standard InChI is InChI=1S/C16H19ClN2O4S/c1-23-15-7-5-12(6-8-15)19-24(21,22)16-4-2-3-13(9-16)18-11-14(20)10-17/h2-9,14,18-20H,10-11H2,1H3. The minimum atomic E-state index is -3.72. The van der Waals surface area contributed by atoms with Crippen LogP contribution in [0.2, 0.25) is 0 Å². The van der Waals surface area contributed by atoms with Crippen LogP contribution in [-0.2, 0) is 10.0 Å². The first-order valence-electron chi connectivity index (χ1n) is 7.19. The van der Waals surface area contributed by atoms with Crippen molar-refractivity contribution in [2.75, 3.05) is 29.6 Å². The first-order chi connectivity index (χ1) is 11.4. The van der Waals surface area contributed by atoms with Gasteiger partial charge in [-0.2, -0.15) is 0 Å². The third-order valence-corrected chi connectivity index (χ3v) is 4.94. The van der Waals surface area contributed by atoms with Crippen molar-refractivity contribution in [2.45, 2.75) is 11.0 Å². The molecule has 3 N–H and O–H groups in total. The van der Waals surface area contributed by atoms with Gasteiger partial charge in [0.1, 0.15) is 5.75 Å². The van der Waals surface area contributed by atoms with Gasteiger partial charge in [-0.05, 0) is 42.5 Å². The molecule has 0 heterocycles. The van der Waals surface area contributed by atoms with Gasteiger partial charge in [-0.25, -0.2) is 8.42 Å². The van der Waals surface area contributed by atoms with E-state index >= 15 is 0 Å². The number of rotatable bonds is 8. The third kappa shape index (κ3) is 5.02. The van der Waals surface area contributed by atoms with Gasteiger partial charge in [0.2, 0.25) is 0 Å². The fourth-order valence-electron chi connectivity index (χ4n) is 1.94. The molecule has 0 saturated carbocycles.